The van der Waals surface area contributed by atoms with Gasteiger partial charge >= 0.3 is 6.18 Å². The third-order valence-corrected chi connectivity index (χ3v) is 4.08. The Morgan fingerprint density at radius 2 is 1.70 bits per heavy atom. The van der Waals surface area contributed by atoms with Gasteiger partial charge in [-0.05, 0) is 48.8 Å². The fourth-order valence-electron chi connectivity index (χ4n) is 3.47. The van der Waals surface area contributed by atoms with Crippen LogP contribution in [0.25, 0.3) is 0 Å². The maximum Gasteiger partial charge on any atom is 0.419 e. The summed E-state index contributed by atoms with van der Waals surface area (Å²) in [6.07, 6.45) is -2.42. The van der Waals surface area contributed by atoms with E-state index in [1.807, 2.05) is 13.8 Å². The predicted octanol–water partition coefficient (Wildman–Crippen LogP) is 4.45. The molecule has 0 heterocycles. The fourth-order valence-corrected chi connectivity index (χ4v) is 3.47. The van der Waals surface area contributed by atoms with E-state index in [-0.39, 0.29) is 0 Å². The highest BCUT2D eigenvalue weighted by Crippen LogP contribution is 2.42. The molecular formula is C15H19F4N. The molecule has 1 fully saturated rings. The third kappa shape index (κ3) is 2.97. The molecule has 0 radical (unpaired) electrons. The van der Waals surface area contributed by atoms with Gasteiger partial charge in [0.1, 0.15) is 5.82 Å². The van der Waals surface area contributed by atoms with E-state index in [1.165, 1.54) is 6.07 Å². The summed E-state index contributed by atoms with van der Waals surface area (Å²) >= 11 is 0. The Hall–Kier alpha value is -1.10. The topological polar surface area (TPSA) is 26.0 Å². The normalized spacial score (nSPS) is 31.4. The number of hydrogen-bond acceptors (Lipinski definition) is 1. The van der Waals surface area contributed by atoms with E-state index in [9.17, 15) is 17.6 Å². The highest BCUT2D eigenvalue weighted by atomic mass is 19.4. The van der Waals surface area contributed by atoms with Gasteiger partial charge in [-0.25, -0.2) is 4.39 Å². The Morgan fingerprint density at radius 3 is 2.20 bits per heavy atom. The molecule has 1 aromatic rings. The number of nitrogens with two attached hydrogens (primary N) is 1. The number of hydrogen-bond donors (Lipinski definition) is 1. The summed E-state index contributed by atoms with van der Waals surface area (Å²) in [5.74, 6) is -0.548. The maximum absolute atomic E-state index is 13.4. The lowest BCUT2D eigenvalue weighted by molar-refractivity contribution is -0.140. The molecule has 20 heavy (non-hydrogen) atoms. The van der Waals surface area contributed by atoms with Gasteiger partial charge in [0.15, 0.2) is 0 Å². The smallest absolute Gasteiger partial charge is 0.321 e. The van der Waals surface area contributed by atoms with Gasteiger partial charge in [-0.2, -0.15) is 13.2 Å². The largest absolute Gasteiger partial charge is 0.419 e. The number of alkyl halides is 3. The molecule has 0 amide bonds. The lowest BCUT2D eigenvalue weighted by atomic mass is 9.69. The van der Waals surface area contributed by atoms with E-state index in [1.54, 1.807) is 0 Å². The molecule has 2 rings (SSSR count). The molecule has 0 aromatic heterocycles. The molecule has 1 aromatic carbocycles. The van der Waals surface area contributed by atoms with E-state index in [0.29, 0.717) is 30.2 Å². The minimum absolute atomic E-state index is 0.350. The van der Waals surface area contributed by atoms with Crippen molar-refractivity contribution in [2.45, 2.75) is 44.8 Å². The standard InChI is InChI=1S/C15H19F4N/c1-9-5-10(2)8-14(20,7-9)11-3-4-13(16)12(6-11)15(17,18)19/h3-4,6,9-10H,5,7-8,20H2,1-2H3. The second-order valence-electron chi connectivity index (χ2n) is 6.20. The van der Waals surface area contributed by atoms with Gasteiger partial charge in [0.2, 0.25) is 0 Å². The quantitative estimate of drug-likeness (QED) is 0.759. The molecule has 1 aliphatic rings. The van der Waals surface area contributed by atoms with E-state index < -0.39 is 23.1 Å². The Labute approximate surface area is 116 Å². The molecule has 112 valence electrons. The van der Waals surface area contributed by atoms with Gasteiger partial charge in [0, 0.05) is 5.54 Å². The van der Waals surface area contributed by atoms with Gasteiger partial charge < -0.3 is 5.73 Å². The maximum atomic E-state index is 13.4. The summed E-state index contributed by atoms with van der Waals surface area (Å²) in [6, 6.07) is 3.13. The molecule has 5 heteroatoms. The van der Waals surface area contributed by atoms with Crippen molar-refractivity contribution >= 4 is 0 Å². The van der Waals surface area contributed by atoms with Crippen LogP contribution in [-0.4, -0.2) is 0 Å². The summed E-state index contributed by atoms with van der Waals surface area (Å²) in [6.45, 7) is 4.09. The first-order chi connectivity index (χ1) is 9.12. The summed E-state index contributed by atoms with van der Waals surface area (Å²) in [4.78, 5) is 0. The minimum Gasteiger partial charge on any atom is -0.321 e. The number of halogens is 4. The second kappa shape index (κ2) is 5.02. The van der Waals surface area contributed by atoms with Crippen LogP contribution in [-0.2, 0) is 11.7 Å². The third-order valence-electron chi connectivity index (χ3n) is 4.08. The van der Waals surface area contributed by atoms with Gasteiger partial charge in [0.25, 0.3) is 0 Å². The Balaban J connectivity index is 2.42. The molecule has 2 unspecified atom stereocenters. The summed E-state index contributed by atoms with van der Waals surface area (Å²) in [7, 11) is 0. The Bertz CT molecular complexity index is 485. The van der Waals surface area contributed by atoms with Crippen LogP contribution in [0.5, 0.6) is 0 Å². The van der Waals surface area contributed by atoms with Crippen molar-refractivity contribution in [3.05, 3.63) is 35.1 Å². The lowest BCUT2D eigenvalue weighted by Gasteiger charge is -2.40. The SMILES string of the molecule is CC1CC(C)CC(N)(c2ccc(F)c(C(F)(F)F)c2)C1. The van der Waals surface area contributed by atoms with Crippen LogP contribution in [0.2, 0.25) is 0 Å². The highest BCUT2D eigenvalue weighted by molar-refractivity contribution is 5.32. The first-order valence-corrected chi connectivity index (χ1v) is 6.78. The van der Waals surface area contributed by atoms with Gasteiger partial charge in [0.05, 0.1) is 5.56 Å². The highest BCUT2D eigenvalue weighted by Gasteiger charge is 2.39. The van der Waals surface area contributed by atoms with E-state index in [4.69, 9.17) is 5.73 Å². The summed E-state index contributed by atoms with van der Waals surface area (Å²) < 4.78 is 51.7. The van der Waals surface area contributed by atoms with Crippen molar-refractivity contribution in [2.24, 2.45) is 17.6 Å². The van der Waals surface area contributed by atoms with Crippen LogP contribution in [0.3, 0.4) is 0 Å². The molecule has 1 saturated carbocycles. The van der Waals surface area contributed by atoms with Gasteiger partial charge in [-0.15, -0.1) is 0 Å². The van der Waals surface area contributed by atoms with Crippen molar-refractivity contribution in [1.29, 1.82) is 0 Å². The van der Waals surface area contributed by atoms with E-state index >= 15 is 0 Å². The van der Waals surface area contributed by atoms with Crippen molar-refractivity contribution in [1.82, 2.24) is 0 Å². The molecule has 2 atom stereocenters. The first-order valence-electron chi connectivity index (χ1n) is 6.78. The fraction of sp³-hybridized carbons (Fsp3) is 0.600. The van der Waals surface area contributed by atoms with Crippen LogP contribution in [0.1, 0.15) is 44.2 Å². The molecule has 2 N–H and O–H groups in total. The molecule has 1 nitrogen and oxygen atoms in total. The van der Waals surface area contributed by atoms with E-state index in [2.05, 4.69) is 0 Å². The van der Waals surface area contributed by atoms with Crippen LogP contribution in [0.4, 0.5) is 17.6 Å². The monoisotopic (exact) mass is 289 g/mol. The van der Waals surface area contributed by atoms with Gasteiger partial charge in [-0.1, -0.05) is 19.9 Å². The zero-order valence-corrected chi connectivity index (χ0v) is 11.6. The predicted molar refractivity (Wildman–Crippen MR) is 69.4 cm³/mol. The molecule has 0 aliphatic heterocycles. The molecule has 0 spiro atoms. The number of rotatable bonds is 1. The van der Waals surface area contributed by atoms with Gasteiger partial charge in [-0.3, -0.25) is 0 Å². The van der Waals surface area contributed by atoms with Crippen molar-refractivity contribution in [3.8, 4) is 0 Å². The molecule has 1 aliphatic carbocycles. The van der Waals surface area contributed by atoms with E-state index in [0.717, 1.165) is 18.6 Å². The van der Waals surface area contributed by atoms with Crippen LogP contribution >= 0.6 is 0 Å². The number of benzene rings is 1. The lowest BCUT2D eigenvalue weighted by Crippen LogP contribution is -2.43. The second-order valence-corrected chi connectivity index (χ2v) is 6.20. The van der Waals surface area contributed by atoms with Crippen LogP contribution in [0.15, 0.2) is 18.2 Å². The van der Waals surface area contributed by atoms with Crippen molar-refractivity contribution < 1.29 is 17.6 Å². The molecule has 0 bridgehead atoms. The average Bonchev–Trinajstić information content (AvgIpc) is 2.25. The Morgan fingerprint density at radius 1 is 1.15 bits per heavy atom. The van der Waals surface area contributed by atoms with Crippen molar-refractivity contribution in [3.63, 3.8) is 0 Å². The molecule has 0 saturated heterocycles. The zero-order valence-electron chi connectivity index (χ0n) is 11.6. The van der Waals surface area contributed by atoms with Crippen LogP contribution < -0.4 is 5.73 Å². The first kappa shape index (κ1) is 15.3. The van der Waals surface area contributed by atoms with Crippen LogP contribution in [0, 0.1) is 17.7 Å². The minimum atomic E-state index is -4.69. The average molecular weight is 289 g/mol. The summed E-state index contributed by atoms with van der Waals surface area (Å²) in [5.41, 5.74) is 4.68. The summed E-state index contributed by atoms with van der Waals surface area (Å²) in [5, 5.41) is 0. The molecular weight excluding hydrogens is 270 g/mol. The zero-order chi connectivity index (χ0) is 15.1. The van der Waals surface area contributed by atoms with Crippen molar-refractivity contribution in [2.75, 3.05) is 0 Å². The Kier molecular flexibility index (Phi) is 3.84.